The number of hydrogen-bond donors (Lipinski definition) is 4. The van der Waals surface area contributed by atoms with Gasteiger partial charge in [-0.15, -0.1) is 0 Å². The number of likely N-dealkylation sites (N-methyl/N-ethyl adjacent to an activating group) is 1. The van der Waals surface area contributed by atoms with E-state index < -0.39 is 6.29 Å². The zero-order valence-electron chi connectivity index (χ0n) is 31.8. The van der Waals surface area contributed by atoms with E-state index in [1.54, 1.807) is 5.48 Å². The normalized spacial score (nSPS) is 17.6. The molecule has 6 rings (SSSR count). The minimum absolute atomic E-state index is 0.000665. The fourth-order valence-electron chi connectivity index (χ4n) is 7.20. The molecule has 2 amide bonds. The molecule has 1 aliphatic rings. The number of nitrogens with zero attached hydrogens (tertiary/aromatic N) is 1. The summed E-state index contributed by atoms with van der Waals surface area (Å²) in [4.78, 5) is 25.9. The first-order valence-electron chi connectivity index (χ1n) is 19.4. The van der Waals surface area contributed by atoms with Crippen molar-refractivity contribution < 1.29 is 29.4 Å². The Balaban J connectivity index is 1.09. The van der Waals surface area contributed by atoms with Crippen molar-refractivity contribution >= 4 is 22.6 Å². The molecule has 4 N–H and O–H groups in total. The molecule has 0 aromatic heterocycles. The number of fused-ring (bicyclic) bond motifs is 1. The van der Waals surface area contributed by atoms with E-state index in [4.69, 9.17) is 14.7 Å². The van der Waals surface area contributed by atoms with Crippen LogP contribution < -0.4 is 10.8 Å². The van der Waals surface area contributed by atoms with Crippen molar-refractivity contribution in [3.63, 3.8) is 0 Å². The third-order valence-corrected chi connectivity index (χ3v) is 10.6. The van der Waals surface area contributed by atoms with Gasteiger partial charge in [-0.2, -0.15) is 0 Å². The van der Waals surface area contributed by atoms with Crippen LogP contribution in [-0.4, -0.2) is 46.7 Å². The molecule has 0 bridgehead atoms. The lowest BCUT2D eigenvalue weighted by Crippen LogP contribution is -2.38. The van der Waals surface area contributed by atoms with Crippen LogP contribution in [0.2, 0.25) is 0 Å². The number of aliphatic hydroxyl groups excluding tert-OH is 1. The van der Waals surface area contributed by atoms with Gasteiger partial charge in [0.25, 0.3) is 0 Å². The maximum Gasteiger partial charge on any atom is 0.243 e. The third-order valence-electron chi connectivity index (χ3n) is 10.6. The number of unbranched alkanes of at least 4 members (excludes halogenated alkanes) is 3. The minimum Gasteiger partial charge on any atom is -0.392 e. The molecule has 4 atom stereocenters. The van der Waals surface area contributed by atoms with Gasteiger partial charge in [-0.05, 0) is 83.1 Å². The van der Waals surface area contributed by atoms with E-state index in [0.29, 0.717) is 25.8 Å². The van der Waals surface area contributed by atoms with E-state index in [1.165, 1.54) is 16.3 Å². The summed E-state index contributed by atoms with van der Waals surface area (Å²) in [5.74, 6) is -0.374. The van der Waals surface area contributed by atoms with Gasteiger partial charge in [0.1, 0.15) is 0 Å². The second kappa shape index (κ2) is 19.6. The highest BCUT2D eigenvalue weighted by Crippen LogP contribution is 2.39. The molecule has 0 saturated carbocycles. The van der Waals surface area contributed by atoms with Crippen LogP contribution in [-0.2, 0) is 32.2 Å². The number of carbonyl (C=O) groups excluding carboxylic acids is 2. The molecule has 9 heteroatoms. The fourth-order valence-corrected chi connectivity index (χ4v) is 7.20. The quantitative estimate of drug-likeness (QED) is 0.0427. The Labute approximate surface area is 324 Å². The number of nitrogens with one attached hydrogen (secondary N) is 2. The Kier molecular flexibility index (Phi) is 14.2. The lowest BCUT2D eigenvalue weighted by molar-refractivity contribution is -0.253. The molecule has 0 unspecified atom stereocenters. The number of benzene rings is 5. The summed E-state index contributed by atoms with van der Waals surface area (Å²) in [6.45, 7) is 3.41. The number of carbonyl (C=O) groups is 2. The predicted molar refractivity (Wildman–Crippen MR) is 215 cm³/mol. The van der Waals surface area contributed by atoms with Gasteiger partial charge in [-0.25, -0.2) is 5.48 Å². The molecule has 0 spiro atoms. The summed E-state index contributed by atoms with van der Waals surface area (Å²) >= 11 is 0. The summed E-state index contributed by atoms with van der Waals surface area (Å²) in [6, 6.07) is 39.8. The standard InChI is InChI=1S/C46H53N3O6/c1-32(39-25-22-35-11-7-8-12-41(35)27-39)49(2)30-42-28-43(37-18-16-33(31-50)17-19-37)55-46(54-42)38-23-20-36(21-24-38)40-13-9-10-34(26-40)29-47-44(51)14-5-3-4-6-15-45(52)48-53/h7-13,16-27,32,42-43,46,50,53H,3-6,14-15,28-31H2,1-2H3,(H,47,51)(H,48,52)/t32-,42-,43+,46+/m1/s1. The topological polar surface area (TPSA) is 120 Å². The van der Waals surface area contributed by atoms with E-state index in [0.717, 1.165) is 59.2 Å². The molecular weight excluding hydrogens is 691 g/mol. The van der Waals surface area contributed by atoms with E-state index in [9.17, 15) is 14.7 Å². The first kappa shape index (κ1) is 39.8. The van der Waals surface area contributed by atoms with E-state index in [2.05, 4.69) is 103 Å². The zero-order chi connectivity index (χ0) is 38.6. The first-order valence-corrected chi connectivity index (χ1v) is 19.4. The summed E-state index contributed by atoms with van der Waals surface area (Å²) in [5, 5.41) is 23.7. The van der Waals surface area contributed by atoms with Gasteiger partial charge < -0.3 is 19.9 Å². The third kappa shape index (κ3) is 11.1. The van der Waals surface area contributed by atoms with Gasteiger partial charge >= 0.3 is 0 Å². The molecule has 55 heavy (non-hydrogen) atoms. The summed E-state index contributed by atoms with van der Waals surface area (Å²) < 4.78 is 13.4. The molecule has 0 aliphatic carbocycles. The molecule has 5 aromatic rings. The Morgan fingerprint density at radius 3 is 2.18 bits per heavy atom. The Morgan fingerprint density at radius 2 is 1.45 bits per heavy atom. The second-order valence-electron chi connectivity index (χ2n) is 14.6. The van der Waals surface area contributed by atoms with E-state index in [1.807, 2.05) is 36.4 Å². The van der Waals surface area contributed by atoms with Crippen LogP contribution in [0, 0.1) is 0 Å². The number of hydroxylamine groups is 1. The molecule has 5 aromatic carbocycles. The average Bonchev–Trinajstić information content (AvgIpc) is 3.23. The molecule has 0 radical (unpaired) electrons. The van der Waals surface area contributed by atoms with Crippen molar-refractivity contribution in [1.29, 1.82) is 0 Å². The SMILES string of the molecule is C[C@H](c1ccc2ccccc2c1)N(C)C[C@H]1C[C@@H](c2ccc(CO)cc2)O[C@@H](c2ccc(-c3cccc(CNC(=O)CCCCCCC(=O)NO)c3)cc2)O1. The highest BCUT2D eigenvalue weighted by molar-refractivity contribution is 5.83. The van der Waals surface area contributed by atoms with Crippen LogP contribution in [0.3, 0.4) is 0 Å². The Morgan fingerprint density at radius 1 is 0.745 bits per heavy atom. The first-order chi connectivity index (χ1) is 26.8. The zero-order valence-corrected chi connectivity index (χ0v) is 31.8. The smallest absolute Gasteiger partial charge is 0.243 e. The van der Waals surface area contributed by atoms with Gasteiger partial charge in [0, 0.05) is 44.0 Å². The number of aliphatic hydroxyl groups is 1. The number of amides is 2. The monoisotopic (exact) mass is 743 g/mol. The minimum atomic E-state index is -0.554. The highest BCUT2D eigenvalue weighted by Gasteiger charge is 2.33. The number of ether oxygens (including phenoxy) is 2. The number of rotatable bonds is 17. The summed E-state index contributed by atoms with van der Waals surface area (Å²) in [5.41, 5.74) is 8.90. The predicted octanol–water partition coefficient (Wildman–Crippen LogP) is 8.70. The molecule has 288 valence electrons. The van der Waals surface area contributed by atoms with Gasteiger partial charge in [-0.1, -0.05) is 116 Å². The summed E-state index contributed by atoms with van der Waals surface area (Å²) in [6.07, 6.45) is 3.76. The lowest BCUT2D eigenvalue weighted by Gasteiger charge is -2.39. The van der Waals surface area contributed by atoms with Crippen molar-refractivity contribution in [2.24, 2.45) is 0 Å². The summed E-state index contributed by atoms with van der Waals surface area (Å²) in [7, 11) is 2.15. The molecule has 1 heterocycles. The van der Waals surface area contributed by atoms with Crippen molar-refractivity contribution in [3.8, 4) is 11.1 Å². The second-order valence-corrected chi connectivity index (χ2v) is 14.6. The van der Waals surface area contributed by atoms with Crippen LogP contribution in [0.1, 0.15) is 98.1 Å². The van der Waals surface area contributed by atoms with E-state index >= 15 is 0 Å². The van der Waals surface area contributed by atoms with Crippen LogP contribution in [0.4, 0.5) is 0 Å². The molecule has 1 aliphatic heterocycles. The maximum absolute atomic E-state index is 12.5. The Hall–Kier alpha value is -4.90. The van der Waals surface area contributed by atoms with Crippen LogP contribution in [0.25, 0.3) is 21.9 Å². The average molecular weight is 744 g/mol. The van der Waals surface area contributed by atoms with Gasteiger partial charge in [0.2, 0.25) is 11.8 Å². The Bertz CT molecular complexity index is 2000. The van der Waals surface area contributed by atoms with Crippen LogP contribution in [0.5, 0.6) is 0 Å². The van der Waals surface area contributed by atoms with Gasteiger partial charge in [-0.3, -0.25) is 19.7 Å². The van der Waals surface area contributed by atoms with Gasteiger partial charge in [0.05, 0.1) is 18.8 Å². The molecule has 1 fully saturated rings. The molecular formula is C46H53N3O6. The van der Waals surface area contributed by atoms with Gasteiger partial charge in [0.15, 0.2) is 6.29 Å². The van der Waals surface area contributed by atoms with Crippen LogP contribution in [0.15, 0.2) is 115 Å². The lowest BCUT2D eigenvalue weighted by atomic mass is 9.98. The number of hydrogen-bond acceptors (Lipinski definition) is 7. The van der Waals surface area contributed by atoms with E-state index in [-0.39, 0.29) is 43.1 Å². The molecule has 1 saturated heterocycles. The maximum atomic E-state index is 12.5. The highest BCUT2D eigenvalue weighted by atomic mass is 16.7. The van der Waals surface area contributed by atoms with Crippen molar-refractivity contribution in [3.05, 3.63) is 143 Å². The fraction of sp³-hybridized carbons (Fsp3) is 0.348. The van der Waals surface area contributed by atoms with Crippen molar-refractivity contribution in [2.45, 2.75) is 89.6 Å². The largest absolute Gasteiger partial charge is 0.392 e. The molecule has 9 nitrogen and oxygen atoms in total. The van der Waals surface area contributed by atoms with Crippen LogP contribution >= 0.6 is 0 Å². The van der Waals surface area contributed by atoms with Crippen molar-refractivity contribution in [2.75, 3.05) is 13.6 Å². The van der Waals surface area contributed by atoms with Crippen molar-refractivity contribution in [1.82, 2.24) is 15.7 Å².